The Labute approximate surface area is 105 Å². The van der Waals surface area contributed by atoms with Gasteiger partial charge in [0.1, 0.15) is 0 Å². The van der Waals surface area contributed by atoms with E-state index in [-0.39, 0.29) is 34.0 Å². The average molecular weight is 268 g/mol. The summed E-state index contributed by atoms with van der Waals surface area (Å²) in [4.78, 5) is 23.1. The summed E-state index contributed by atoms with van der Waals surface area (Å²) in [5.74, 6) is -1.02. The molecule has 0 fully saturated rings. The molecule has 1 aliphatic heterocycles. The van der Waals surface area contributed by atoms with Gasteiger partial charge in [0.05, 0.1) is 23.3 Å². The second kappa shape index (κ2) is 4.20. The Morgan fingerprint density at radius 3 is 2.61 bits per heavy atom. The van der Waals surface area contributed by atoms with Gasteiger partial charge in [-0.05, 0) is 24.6 Å². The lowest BCUT2D eigenvalue weighted by Crippen LogP contribution is -2.22. The van der Waals surface area contributed by atoms with Crippen molar-refractivity contribution in [3.05, 3.63) is 28.8 Å². The third-order valence-electron chi connectivity index (χ3n) is 2.97. The van der Waals surface area contributed by atoms with Crippen LogP contribution in [0.1, 0.15) is 32.7 Å². The first-order valence-corrected chi connectivity index (χ1v) is 7.01. The number of hydrogen-bond acceptors (Lipinski definition) is 5. The maximum absolute atomic E-state index is 11.9. The van der Waals surface area contributed by atoms with Gasteiger partial charge >= 0.3 is 5.97 Å². The summed E-state index contributed by atoms with van der Waals surface area (Å²) in [5.41, 5.74) is 0.881. The number of carbonyl (C=O) groups excluding carboxylic acids is 2. The van der Waals surface area contributed by atoms with Gasteiger partial charge in [0.25, 0.3) is 0 Å². The van der Waals surface area contributed by atoms with Crippen molar-refractivity contribution < 1.29 is 22.7 Å². The number of esters is 1. The van der Waals surface area contributed by atoms with Gasteiger partial charge in [-0.3, -0.25) is 4.79 Å². The molecule has 2 rings (SSSR count). The first kappa shape index (κ1) is 12.8. The van der Waals surface area contributed by atoms with E-state index in [1.165, 1.54) is 19.2 Å². The normalized spacial score (nSPS) is 17.1. The molecule has 0 unspecified atom stereocenters. The molecule has 0 saturated heterocycles. The zero-order valence-electron chi connectivity index (χ0n) is 10.0. The Hall–Kier alpha value is -1.69. The lowest BCUT2D eigenvalue weighted by molar-refractivity contribution is 0.0599. The van der Waals surface area contributed by atoms with E-state index in [2.05, 4.69) is 4.74 Å². The average Bonchev–Trinajstić information content (AvgIpc) is 2.33. The minimum atomic E-state index is -3.48. The molecule has 1 aromatic carbocycles. The number of fused-ring (bicyclic) bond motifs is 1. The van der Waals surface area contributed by atoms with E-state index in [1.54, 1.807) is 6.92 Å². The molecule has 6 heteroatoms. The standard InChI is InChI=1S/C12H12O5S/c1-7-5-9-10(13)3-4-18(15,16)11(9)6-8(7)12(14)17-2/h5-6H,3-4H2,1-2H3. The number of methoxy groups -OCH3 is 1. The molecule has 0 saturated carbocycles. The number of Topliss-reactive ketones (excluding diaryl/α,β-unsaturated/α-hetero) is 1. The molecule has 0 N–H and O–H groups in total. The van der Waals surface area contributed by atoms with Gasteiger partial charge in [-0.25, -0.2) is 13.2 Å². The van der Waals surface area contributed by atoms with E-state index in [0.29, 0.717) is 5.56 Å². The summed E-state index contributed by atoms with van der Waals surface area (Å²) in [6, 6.07) is 2.68. The fourth-order valence-corrected chi connectivity index (χ4v) is 3.44. The zero-order chi connectivity index (χ0) is 13.5. The molecule has 1 heterocycles. The van der Waals surface area contributed by atoms with E-state index in [0.717, 1.165) is 0 Å². The smallest absolute Gasteiger partial charge is 0.338 e. The van der Waals surface area contributed by atoms with Crippen LogP contribution >= 0.6 is 0 Å². The number of hydrogen-bond donors (Lipinski definition) is 0. The lowest BCUT2D eigenvalue weighted by atomic mass is 10.0. The molecule has 1 aliphatic rings. The van der Waals surface area contributed by atoms with Crippen molar-refractivity contribution in [2.24, 2.45) is 0 Å². The number of carbonyl (C=O) groups is 2. The molecule has 0 amide bonds. The highest BCUT2D eigenvalue weighted by Gasteiger charge is 2.30. The van der Waals surface area contributed by atoms with Gasteiger partial charge in [-0.15, -0.1) is 0 Å². The van der Waals surface area contributed by atoms with Crippen molar-refractivity contribution in [3.8, 4) is 0 Å². The van der Waals surface area contributed by atoms with Gasteiger partial charge in [-0.1, -0.05) is 0 Å². The van der Waals surface area contributed by atoms with E-state index < -0.39 is 15.8 Å². The summed E-state index contributed by atoms with van der Waals surface area (Å²) >= 11 is 0. The summed E-state index contributed by atoms with van der Waals surface area (Å²) < 4.78 is 28.4. The zero-order valence-corrected chi connectivity index (χ0v) is 10.8. The maximum Gasteiger partial charge on any atom is 0.338 e. The third-order valence-corrected chi connectivity index (χ3v) is 4.71. The highest BCUT2D eigenvalue weighted by molar-refractivity contribution is 7.91. The molecular formula is C12H12O5S. The molecule has 0 bridgehead atoms. The highest BCUT2D eigenvalue weighted by atomic mass is 32.2. The van der Waals surface area contributed by atoms with Gasteiger partial charge in [0.15, 0.2) is 15.6 Å². The Balaban J connectivity index is 2.73. The summed E-state index contributed by atoms with van der Waals surface area (Å²) in [6.07, 6.45) is -0.00760. The topological polar surface area (TPSA) is 77.5 Å². The van der Waals surface area contributed by atoms with Crippen LogP contribution < -0.4 is 0 Å². The van der Waals surface area contributed by atoms with Crippen LogP contribution in [0.5, 0.6) is 0 Å². The van der Waals surface area contributed by atoms with Crippen molar-refractivity contribution in [1.29, 1.82) is 0 Å². The second-order valence-corrected chi connectivity index (χ2v) is 6.22. The molecule has 96 valence electrons. The van der Waals surface area contributed by atoms with E-state index in [4.69, 9.17) is 0 Å². The van der Waals surface area contributed by atoms with E-state index >= 15 is 0 Å². The van der Waals surface area contributed by atoms with Crippen LogP contribution in [0.2, 0.25) is 0 Å². The molecule has 18 heavy (non-hydrogen) atoms. The molecule has 0 atom stereocenters. The van der Waals surface area contributed by atoms with Gasteiger partial charge in [0.2, 0.25) is 0 Å². The Morgan fingerprint density at radius 1 is 1.33 bits per heavy atom. The maximum atomic E-state index is 11.9. The van der Waals surface area contributed by atoms with Crippen LogP contribution in [0.3, 0.4) is 0 Å². The Morgan fingerprint density at radius 2 is 2.00 bits per heavy atom. The third kappa shape index (κ3) is 1.92. The molecule has 0 spiro atoms. The molecular weight excluding hydrogens is 256 g/mol. The fourth-order valence-electron chi connectivity index (χ4n) is 1.96. The number of sulfone groups is 1. The largest absolute Gasteiger partial charge is 0.465 e. The molecule has 0 aliphatic carbocycles. The number of aryl methyl sites for hydroxylation is 1. The Bertz CT molecular complexity index is 643. The SMILES string of the molecule is COC(=O)c1cc2c(cc1C)C(=O)CCS2(=O)=O. The molecule has 0 aromatic heterocycles. The minimum absolute atomic E-state index is 0.00760. The predicted octanol–water partition coefficient (Wildman–Crippen LogP) is 1.14. The van der Waals surface area contributed by atoms with Crippen LogP contribution in [0.4, 0.5) is 0 Å². The van der Waals surface area contributed by atoms with Crippen LogP contribution in [0, 0.1) is 6.92 Å². The number of benzene rings is 1. The quantitative estimate of drug-likeness (QED) is 0.714. The monoisotopic (exact) mass is 268 g/mol. The molecule has 0 radical (unpaired) electrons. The highest BCUT2D eigenvalue weighted by Crippen LogP contribution is 2.28. The minimum Gasteiger partial charge on any atom is -0.465 e. The second-order valence-electron chi connectivity index (χ2n) is 4.15. The summed E-state index contributed by atoms with van der Waals surface area (Å²) in [5, 5.41) is 0. The molecule has 1 aromatic rings. The summed E-state index contributed by atoms with van der Waals surface area (Å²) in [7, 11) is -2.26. The summed E-state index contributed by atoms with van der Waals surface area (Å²) in [6.45, 7) is 1.64. The van der Waals surface area contributed by atoms with Crippen molar-refractivity contribution in [2.75, 3.05) is 12.9 Å². The van der Waals surface area contributed by atoms with Crippen LogP contribution in [-0.4, -0.2) is 33.0 Å². The van der Waals surface area contributed by atoms with Crippen LogP contribution in [0.15, 0.2) is 17.0 Å². The first-order valence-electron chi connectivity index (χ1n) is 5.36. The Kier molecular flexibility index (Phi) is 2.98. The number of rotatable bonds is 1. The number of ether oxygens (including phenoxy) is 1. The van der Waals surface area contributed by atoms with Crippen molar-refractivity contribution in [2.45, 2.75) is 18.2 Å². The van der Waals surface area contributed by atoms with Crippen molar-refractivity contribution in [3.63, 3.8) is 0 Å². The fraction of sp³-hybridized carbons (Fsp3) is 0.333. The predicted molar refractivity (Wildman–Crippen MR) is 63.5 cm³/mol. The van der Waals surface area contributed by atoms with Crippen molar-refractivity contribution >= 4 is 21.6 Å². The van der Waals surface area contributed by atoms with Gasteiger partial charge in [-0.2, -0.15) is 0 Å². The van der Waals surface area contributed by atoms with E-state index in [9.17, 15) is 18.0 Å². The van der Waals surface area contributed by atoms with Gasteiger partial charge in [0, 0.05) is 12.0 Å². The van der Waals surface area contributed by atoms with Crippen molar-refractivity contribution in [1.82, 2.24) is 0 Å². The van der Waals surface area contributed by atoms with E-state index in [1.807, 2.05) is 0 Å². The lowest BCUT2D eigenvalue weighted by Gasteiger charge is -2.17. The number of ketones is 1. The van der Waals surface area contributed by atoms with Gasteiger partial charge < -0.3 is 4.74 Å². The van der Waals surface area contributed by atoms with Crippen LogP contribution in [0.25, 0.3) is 0 Å². The molecule has 5 nitrogen and oxygen atoms in total. The first-order chi connectivity index (χ1) is 8.36. The van der Waals surface area contributed by atoms with Crippen LogP contribution in [-0.2, 0) is 14.6 Å².